The Hall–Kier alpha value is -1.63. The van der Waals surface area contributed by atoms with Crippen LogP contribution in [-0.4, -0.2) is 30.0 Å². The lowest BCUT2D eigenvalue weighted by Gasteiger charge is -2.42. The molecular formula is C22H27Cl2NO4. The number of hydrogen-bond donors (Lipinski definition) is 2. The number of esters is 1. The molecule has 0 fully saturated rings. The molecule has 0 aliphatic heterocycles. The Morgan fingerprint density at radius 2 is 2.00 bits per heavy atom. The van der Waals surface area contributed by atoms with Gasteiger partial charge in [0.05, 0.1) is 6.61 Å². The van der Waals surface area contributed by atoms with Crippen molar-refractivity contribution in [1.82, 2.24) is 0 Å². The van der Waals surface area contributed by atoms with E-state index in [0.717, 1.165) is 12.8 Å². The Kier molecular flexibility index (Phi) is 8.49. The normalized spacial score (nSPS) is 18.7. The quantitative estimate of drug-likeness (QED) is 0.505. The van der Waals surface area contributed by atoms with Crippen LogP contribution < -0.4 is 5.73 Å². The average molecular weight is 440 g/mol. The SMILES string of the molecule is CCOC(=O)COC(N)(C1CCc2ccccc2C1)C(O)c1cccc(Cl)c1.Cl. The zero-order chi connectivity index (χ0) is 20.1. The number of aliphatic hydroxyl groups is 1. The summed E-state index contributed by atoms with van der Waals surface area (Å²) in [5.74, 6) is -0.683. The fraction of sp³-hybridized carbons (Fsp3) is 0.409. The Balaban J connectivity index is 0.00000300. The maximum atomic E-state index is 11.9. The second kappa shape index (κ2) is 10.4. The molecular weight excluding hydrogens is 413 g/mol. The van der Waals surface area contributed by atoms with Crippen LogP contribution in [0.5, 0.6) is 0 Å². The van der Waals surface area contributed by atoms with Crippen molar-refractivity contribution < 1.29 is 19.4 Å². The van der Waals surface area contributed by atoms with E-state index in [9.17, 15) is 9.90 Å². The monoisotopic (exact) mass is 439 g/mol. The number of aryl methyl sites for hydroxylation is 1. The molecule has 158 valence electrons. The van der Waals surface area contributed by atoms with Crippen molar-refractivity contribution in [2.75, 3.05) is 13.2 Å². The van der Waals surface area contributed by atoms with E-state index in [0.29, 0.717) is 17.0 Å². The van der Waals surface area contributed by atoms with E-state index in [1.54, 1.807) is 31.2 Å². The highest BCUT2D eigenvalue weighted by Gasteiger charge is 2.45. The van der Waals surface area contributed by atoms with Crippen molar-refractivity contribution in [1.29, 1.82) is 0 Å². The number of carbonyl (C=O) groups is 1. The van der Waals surface area contributed by atoms with E-state index in [2.05, 4.69) is 12.1 Å². The van der Waals surface area contributed by atoms with Gasteiger partial charge < -0.3 is 20.3 Å². The first-order chi connectivity index (χ1) is 13.4. The van der Waals surface area contributed by atoms with Crippen LogP contribution >= 0.6 is 24.0 Å². The molecule has 2 aromatic carbocycles. The lowest BCUT2D eigenvalue weighted by molar-refractivity contribution is -0.181. The van der Waals surface area contributed by atoms with Gasteiger partial charge in [-0.2, -0.15) is 0 Å². The summed E-state index contributed by atoms with van der Waals surface area (Å²) in [4.78, 5) is 11.9. The Bertz CT molecular complexity index is 832. The highest BCUT2D eigenvalue weighted by molar-refractivity contribution is 6.30. The molecule has 0 saturated carbocycles. The molecule has 0 heterocycles. The number of benzene rings is 2. The highest BCUT2D eigenvalue weighted by atomic mass is 35.5. The molecule has 0 spiro atoms. The van der Waals surface area contributed by atoms with E-state index >= 15 is 0 Å². The van der Waals surface area contributed by atoms with Gasteiger partial charge in [-0.25, -0.2) is 4.79 Å². The van der Waals surface area contributed by atoms with Gasteiger partial charge in [-0.3, -0.25) is 0 Å². The summed E-state index contributed by atoms with van der Waals surface area (Å²) in [6.07, 6.45) is 1.10. The fourth-order valence-electron chi connectivity index (χ4n) is 3.83. The molecule has 3 atom stereocenters. The number of ether oxygens (including phenoxy) is 2. The van der Waals surface area contributed by atoms with Crippen LogP contribution in [-0.2, 0) is 27.1 Å². The fourth-order valence-corrected chi connectivity index (χ4v) is 4.03. The number of carbonyl (C=O) groups excluding carboxylic acids is 1. The molecule has 3 rings (SSSR count). The number of hydrogen-bond acceptors (Lipinski definition) is 5. The molecule has 1 aliphatic rings. The predicted octanol–water partition coefficient (Wildman–Crippen LogP) is 3.84. The summed E-state index contributed by atoms with van der Waals surface area (Å²) in [5.41, 5.74) is 8.24. The lowest BCUT2D eigenvalue weighted by Crippen LogP contribution is -2.56. The number of fused-ring (bicyclic) bond motifs is 1. The maximum Gasteiger partial charge on any atom is 0.332 e. The van der Waals surface area contributed by atoms with Gasteiger partial charge in [0.1, 0.15) is 12.7 Å². The smallest absolute Gasteiger partial charge is 0.332 e. The molecule has 29 heavy (non-hydrogen) atoms. The molecule has 0 saturated heterocycles. The van der Waals surface area contributed by atoms with Crippen LogP contribution in [0.15, 0.2) is 48.5 Å². The molecule has 5 nitrogen and oxygen atoms in total. The van der Waals surface area contributed by atoms with Gasteiger partial charge in [0.2, 0.25) is 0 Å². The van der Waals surface area contributed by atoms with Gasteiger partial charge in [0.25, 0.3) is 0 Å². The second-order valence-corrected chi connectivity index (χ2v) is 7.55. The summed E-state index contributed by atoms with van der Waals surface area (Å²) in [7, 11) is 0. The zero-order valence-electron chi connectivity index (χ0n) is 16.3. The van der Waals surface area contributed by atoms with Crippen molar-refractivity contribution in [3.05, 3.63) is 70.2 Å². The van der Waals surface area contributed by atoms with E-state index in [1.165, 1.54) is 11.1 Å². The van der Waals surface area contributed by atoms with Crippen molar-refractivity contribution in [2.45, 2.75) is 38.0 Å². The standard InChI is InChI=1S/C22H26ClNO4.ClH/c1-2-27-20(25)14-28-22(24,21(26)17-8-5-9-19(23)13-17)18-11-10-15-6-3-4-7-16(15)12-18;/h3-9,13,18,21,26H,2,10-12,14,24H2,1H3;1H. The van der Waals surface area contributed by atoms with Crippen LogP contribution in [0.4, 0.5) is 0 Å². The Labute approximate surface area is 182 Å². The second-order valence-electron chi connectivity index (χ2n) is 7.11. The maximum absolute atomic E-state index is 11.9. The summed E-state index contributed by atoms with van der Waals surface area (Å²) >= 11 is 6.09. The van der Waals surface area contributed by atoms with Crippen LogP contribution in [0, 0.1) is 5.92 Å². The first-order valence-electron chi connectivity index (χ1n) is 9.52. The Morgan fingerprint density at radius 3 is 2.69 bits per heavy atom. The Morgan fingerprint density at radius 1 is 1.28 bits per heavy atom. The molecule has 7 heteroatoms. The summed E-state index contributed by atoms with van der Waals surface area (Å²) in [6.45, 7) is 1.67. The first kappa shape index (κ1) is 23.6. The number of aliphatic hydroxyl groups excluding tert-OH is 1. The number of nitrogens with two attached hydrogens (primary N) is 1. The highest BCUT2D eigenvalue weighted by Crippen LogP contribution is 2.39. The van der Waals surface area contributed by atoms with E-state index in [1.807, 2.05) is 12.1 Å². The first-order valence-corrected chi connectivity index (χ1v) is 9.90. The molecule has 0 bridgehead atoms. The predicted molar refractivity (Wildman–Crippen MR) is 115 cm³/mol. The van der Waals surface area contributed by atoms with Gasteiger partial charge in [-0.15, -0.1) is 12.4 Å². The van der Waals surface area contributed by atoms with Crippen LogP contribution in [0.25, 0.3) is 0 Å². The topological polar surface area (TPSA) is 81.8 Å². The molecule has 0 amide bonds. The van der Waals surface area contributed by atoms with Crippen LogP contribution in [0.2, 0.25) is 5.02 Å². The van der Waals surface area contributed by atoms with Gasteiger partial charge in [0.15, 0.2) is 5.72 Å². The molecule has 1 aliphatic carbocycles. The van der Waals surface area contributed by atoms with Crippen molar-refractivity contribution in [3.8, 4) is 0 Å². The lowest BCUT2D eigenvalue weighted by atomic mass is 9.75. The van der Waals surface area contributed by atoms with Crippen LogP contribution in [0.3, 0.4) is 0 Å². The van der Waals surface area contributed by atoms with Gasteiger partial charge in [-0.05, 0) is 55.0 Å². The van der Waals surface area contributed by atoms with Gasteiger partial charge in [0, 0.05) is 10.9 Å². The third kappa shape index (κ3) is 5.50. The van der Waals surface area contributed by atoms with Gasteiger partial charge >= 0.3 is 5.97 Å². The minimum atomic E-state index is -1.45. The zero-order valence-corrected chi connectivity index (χ0v) is 17.9. The van der Waals surface area contributed by atoms with Crippen LogP contribution in [0.1, 0.15) is 36.1 Å². The van der Waals surface area contributed by atoms with E-state index in [-0.39, 0.29) is 31.5 Å². The summed E-state index contributed by atoms with van der Waals surface area (Å²) in [6, 6.07) is 15.1. The molecule has 3 unspecified atom stereocenters. The average Bonchev–Trinajstić information content (AvgIpc) is 2.71. The third-order valence-corrected chi connectivity index (χ3v) is 5.56. The van der Waals surface area contributed by atoms with Crippen molar-refractivity contribution in [2.24, 2.45) is 11.7 Å². The number of halogens is 2. The molecule has 2 aromatic rings. The van der Waals surface area contributed by atoms with E-state index < -0.39 is 17.8 Å². The number of rotatable bonds is 7. The molecule has 0 radical (unpaired) electrons. The third-order valence-electron chi connectivity index (χ3n) is 5.32. The summed E-state index contributed by atoms with van der Waals surface area (Å²) < 4.78 is 10.8. The molecule has 3 N–H and O–H groups in total. The van der Waals surface area contributed by atoms with E-state index in [4.69, 9.17) is 26.8 Å². The van der Waals surface area contributed by atoms with Gasteiger partial charge in [-0.1, -0.05) is 48.0 Å². The van der Waals surface area contributed by atoms with Crippen molar-refractivity contribution >= 4 is 30.0 Å². The minimum Gasteiger partial charge on any atom is -0.464 e. The largest absolute Gasteiger partial charge is 0.464 e. The molecule has 0 aromatic heterocycles. The minimum absolute atomic E-state index is 0. The summed E-state index contributed by atoms with van der Waals surface area (Å²) in [5, 5.41) is 11.6. The van der Waals surface area contributed by atoms with Crippen molar-refractivity contribution in [3.63, 3.8) is 0 Å².